The van der Waals surface area contributed by atoms with Crippen molar-refractivity contribution in [3.05, 3.63) is 24.3 Å². The maximum atomic E-state index is 9.56. The number of nitrogens with zero attached hydrogens (tertiary/aromatic N) is 1. The minimum absolute atomic E-state index is 0.105. The van der Waals surface area contributed by atoms with Crippen LogP contribution in [-0.4, -0.2) is 43.0 Å². The normalized spacial score (nSPS) is 23.7. The second kappa shape index (κ2) is 6.26. The van der Waals surface area contributed by atoms with E-state index in [2.05, 4.69) is 23.2 Å². The summed E-state index contributed by atoms with van der Waals surface area (Å²) in [4.78, 5) is 2.25. The molecule has 0 radical (unpaired) electrons. The molecule has 2 atom stereocenters. The van der Waals surface area contributed by atoms with Crippen molar-refractivity contribution in [3.8, 4) is 5.75 Å². The SMILES string of the molecule is CC1CN(c2ccccc2OC(C)C)C(CO)CN1. The lowest BCUT2D eigenvalue weighted by Gasteiger charge is -2.40. The van der Waals surface area contributed by atoms with Crippen molar-refractivity contribution in [1.82, 2.24) is 5.32 Å². The molecular formula is C15H24N2O2. The van der Waals surface area contributed by atoms with Gasteiger partial charge in [-0.05, 0) is 32.9 Å². The second-order valence-corrected chi connectivity index (χ2v) is 5.43. The van der Waals surface area contributed by atoms with Gasteiger partial charge in [0.15, 0.2) is 0 Å². The van der Waals surface area contributed by atoms with E-state index >= 15 is 0 Å². The molecule has 0 bridgehead atoms. The molecule has 2 rings (SSSR count). The van der Waals surface area contributed by atoms with Crippen LogP contribution in [0.3, 0.4) is 0 Å². The molecule has 1 heterocycles. The first-order valence-electron chi connectivity index (χ1n) is 6.98. The molecule has 2 N–H and O–H groups in total. The van der Waals surface area contributed by atoms with Gasteiger partial charge in [0, 0.05) is 19.1 Å². The number of hydrogen-bond acceptors (Lipinski definition) is 4. The molecule has 0 spiro atoms. The van der Waals surface area contributed by atoms with Crippen LogP contribution in [0.2, 0.25) is 0 Å². The molecule has 4 heteroatoms. The molecule has 4 nitrogen and oxygen atoms in total. The third kappa shape index (κ3) is 3.39. The topological polar surface area (TPSA) is 44.7 Å². The van der Waals surface area contributed by atoms with Crippen molar-refractivity contribution in [2.24, 2.45) is 0 Å². The van der Waals surface area contributed by atoms with Crippen LogP contribution in [-0.2, 0) is 0 Å². The van der Waals surface area contributed by atoms with Gasteiger partial charge in [0.05, 0.1) is 24.4 Å². The fraction of sp³-hybridized carbons (Fsp3) is 0.600. The van der Waals surface area contributed by atoms with E-state index in [1.807, 2.05) is 32.0 Å². The van der Waals surface area contributed by atoms with Gasteiger partial charge in [-0.1, -0.05) is 12.1 Å². The molecule has 0 aliphatic carbocycles. The number of aliphatic hydroxyl groups is 1. The first-order valence-corrected chi connectivity index (χ1v) is 6.98. The Morgan fingerprint density at radius 2 is 2.16 bits per heavy atom. The van der Waals surface area contributed by atoms with E-state index in [9.17, 15) is 5.11 Å². The van der Waals surface area contributed by atoms with E-state index in [-0.39, 0.29) is 18.8 Å². The third-order valence-corrected chi connectivity index (χ3v) is 3.36. The zero-order chi connectivity index (χ0) is 13.8. The number of nitrogens with one attached hydrogen (secondary N) is 1. The Kier molecular flexibility index (Phi) is 4.66. The standard InChI is InChI=1S/C15H24N2O2/c1-11(2)19-15-7-5-4-6-14(15)17-9-12(3)16-8-13(17)10-18/h4-7,11-13,16,18H,8-10H2,1-3H3. The molecule has 2 unspecified atom stereocenters. The third-order valence-electron chi connectivity index (χ3n) is 3.36. The van der Waals surface area contributed by atoms with Crippen LogP contribution in [0.15, 0.2) is 24.3 Å². The Hall–Kier alpha value is -1.26. The van der Waals surface area contributed by atoms with E-state index in [0.717, 1.165) is 24.5 Å². The highest BCUT2D eigenvalue weighted by molar-refractivity contribution is 5.59. The average molecular weight is 264 g/mol. The van der Waals surface area contributed by atoms with E-state index in [0.29, 0.717) is 6.04 Å². The quantitative estimate of drug-likeness (QED) is 0.867. The van der Waals surface area contributed by atoms with E-state index < -0.39 is 0 Å². The maximum absolute atomic E-state index is 9.56. The number of ether oxygens (including phenoxy) is 1. The van der Waals surface area contributed by atoms with Crippen LogP contribution in [0.1, 0.15) is 20.8 Å². The first-order chi connectivity index (χ1) is 9.11. The van der Waals surface area contributed by atoms with Crippen molar-refractivity contribution in [3.63, 3.8) is 0 Å². The number of para-hydroxylation sites is 2. The number of benzene rings is 1. The Labute approximate surface area is 115 Å². The second-order valence-electron chi connectivity index (χ2n) is 5.43. The van der Waals surface area contributed by atoms with Crippen molar-refractivity contribution in [1.29, 1.82) is 0 Å². The zero-order valence-electron chi connectivity index (χ0n) is 12.0. The molecule has 106 valence electrons. The molecule has 1 aliphatic heterocycles. The van der Waals surface area contributed by atoms with Crippen molar-refractivity contribution in [2.45, 2.75) is 39.0 Å². The zero-order valence-corrected chi connectivity index (χ0v) is 12.0. The van der Waals surface area contributed by atoms with Gasteiger partial charge in [-0.2, -0.15) is 0 Å². The van der Waals surface area contributed by atoms with Gasteiger partial charge in [-0.15, -0.1) is 0 Å². The number of rotatable bonds is 4. The molecule has 1 fully saturated rings. The highest BCUT2D eigenvalue weighted by Crippen LogP contribution is 2.31. The van der Waals surface area contributed by atoms with E-state index in [4.69, 9.17) is 4.74 Å². The molecule has 0 aromatic heterocycles. The Morgan fingerprint density at radius 3 is 2.84 bits per heavy atom. The predicted molar refractivity (Wildman–Crippen MR) is 77.9 cm³/mol. The summed E-state index contributed by atoms with van der Waals surface area (Å²) in [6.07, 6.45) is 0.147. The molecule has 1 aromatic carbocycles. The van der Waals surface area contributed by atoms with Gasteiger partial charge in [0.25, 0.3) is 0 Å². The fourth-order valence-corrected chi connectivity index (χ4v) is 2.46. The predicted octanol–water partition coefficient (Wildman–Crippen LogP) is 1.63. The Bertz CT molecular complexity index is 409. The molecule has 1 saturated heterocycles. The number of aliphatic hydroxyl groups excluding tert-OH is 1. The van der Waals surface area contributed by atoms with Crippen LogP contribution in [0.4, 0.5) is 5.69 Å². The van der Waals surface area contributed by atoms with Gasteiger partial charge in [0.1, 0.15) is 5.75 Å². The van der Waals surface area contributed by atoms with Crippen LogP contribution in [0.5, 0.6) is 5.75 Å². The first kappa shape index (κ1) is 14.2. The van der Waals surface area contributed by atoms with Crippen LogP contribution in [0.25, 0.3) is 0 Å². The highest BCUT2D eigenvalue weighted by atomic mass is 16.5. The lowest BCUT2D eigenvalue weighted by molar-refractivity contribution is 0.228. The van der Waals surface area contributed by atoms with Gasteiger partial charge in [-0.25, -0.2) is 0 Å². The fourth-order valence-electron chi connectivity index (χ4n) is 2.46. The van der Waals surface area contributed by atoms with Crippen molar-refractivity contribution < 1.29 is 9.84 Å². The van der Waals surface area contributed by atoms with E-state index in [1.165, 1.54) is 0 Å². The van der Waals surface area contributed by atoms with Gasteiger partial charge in [0.2, 0.25) is 0 Å². The molecule has 0 amide bonds. The van der Waals surface area contributed by atoms with Crippen molar-refractivity contribution in [2.75, 3.05) is 24.6 Å². The average Bonchev–Trinajstić information content (AvgIpc) is 2.38. The number of piperazine rings is 1. The number of anilines is 1. The summed E-state index contributed by atoms with van der Waals surface area (Å²) >= 11 is 0. The molecule has 0 saturated carbocycles. The highest BCUT2D eigenvalue weighted by Gasteiger charge is 2.27. The number of hydrogen-bond donors (Lipinski definition) is 2. The van der Waals surface area contributed by atoms with Crippen LogP contribution < -0.4 is 15.0 Å². The van der Waals surface area contributed by atoms with Gasteiger partial charge >= 0.3 is 0 Å². The maximum Gasteiger partial charge on any atom is 0.142 e. The summed E-state index contributed by atoms with van der Waals surface area (Å²) in [5.41, 5.74) is 1.07. The summed E-state index contributed by atoms with van der Waals surface area (Å²) in [6, 6.07) is 8.59. The molecule has 19 heavy (non-hydrogen) atoms. The minimum Gasteiger partial charge on any atom is -0.489 e. The van der Waals surface area contributed by atoms with Gasteiger partial charge in [-0.3, -0.25) is 0 Å². The smallest absolute Gasteiger partial charge is 0.142 e. The lowest BCUT2D eigenvalue weighted by Crippen LogP contribution is -2.57. The lowest BCUT2D eigenvalue weighted by atomic mass is 10.1. The van der Waals surface area contributed by atoms with Crippen LogP contribution >= 0.6 is 0 Å². The summed E-state index contributed by atoms with van der Waals surface area (Å²) in [5.74, 6) is 0.894. The molecular weight excluding hydrogens is 240 g/mol. The van der Waals surface area contributed by atoms with E-state index in [1.54, 1.807) is 0 Å². The Morgan fingerprint density at radius 1 is 1.42 bits per heavy atom. The van der Waals surface area contributed by atoms with Crippen molar-refractivity contribution >= 4 is 5.69 Å². The summed E-state index contributed by atoms with van der Waals surface area (Å²) in [6.45, 7) is 8.04. The van der Waals surface area contributed by atoms with Crippen LogP contribution in [0, 0.1) is 0 Å². The van der Waals surface area contributed by atoms with Gasteiger partial charge < -0.3 is 20.1 Å². The molecule has 1 aromatic rings. The largest absolute Gasteiger partial charge is 0.489 e. The minimum atomic E-state index is 0.105. The summed E-state index contributed by atoms with van der Waals surface area (Å²) in [7, 11) is 0. The Balaban J connectivity index is 2.27. The monoisotopic (exact) mass is 264 g/mol. The summed E-state index contributed by atoms with van der Waals surface area (Å²) < 4.78 is 5.88. The molecule has 1 aliphatic rings. The summed E-state index contributed by atoms with van der Waals surface area (Å²) in [5, 5.41) is 13.0.